The molecule has 1 aromatic carbocycles. The summed E-state index contributed by atoms with van der Waals surface area (Å²) in [6, 6.07) is 12.2. The number of aryl methyl sites for hydroxylation is 1. The topological polar surface area (TPSA) is 65.5 Å². The van der Waals surface area contributed by atoms with Crippen LogP contribution >= 0.6 is 0 Å². The van der Waals surface area contributed by atoms with Crippen LogP contribution in [0, 0.1) is 6.92 Å². The molecule has 134 valence electrons. The fourth-order valence-corrected chi connectivity index (χ4v) is 3.50. The molecule has 0 saturated carbocycles. The zero-order valence-electron chi connectivity index (χ0n) is 14.6. The van der Waals surface area contributed by atoms with Gasteiger partial charge in [0, 0.05) is 31.9 Å². The van der Waals surface area contributed by atoms with E-state index in [4.69, 9.17) is 0 Å². The fourth-order valence-electron chi connectivity index (χ4n) is 2.91. The molecule has 0 spiro atoms. The third-order valence-corrected chi connectivity index (χ3v) is 5.68. The first kappa shape index (κ1) is 17.5. The van der Waals surface area contributed by atoms with Crippen molar-refractivity contribution in [2.45, 2.75) is 13.8 Å². The highest BCUT2D eigenvalue weighted by Gasteiger charge is 2.18. The summed E-state index contributed by atoms with van der Waals surface area (Å²) < 4.78 is 25.6. The first-order valence-corrected chi connectivity index (χ1v) is 10.2. The summed E-state index contributed by atoms with van der Waals surface area (Å²) in [6.07, 6.45) is 1.73. The maximum absolute atomic E-state index is 11.6. The first-order chi connectivity index (χ1) is 12.0. The van der Waals surface area contributed by atoms with Crippen LogP contribution in [-0.4, -0.2) is 45.3 Å². The average Bonchev–Trinajstić information content (AvgIpc) is 2.62. The largest absolute Gasteiger partial charge is 0.368 e. The summed E-state index contributed by atoms with van der Waals surface area (Å²) in [5.74, 6) is 0.404. The van der Waals surface area contributed by atoms with Crippen molar-refractivity contribution < 1.29 is 8.42 Å². The Balaban J connectivity index is 1.61. The van der Waals surface area contributed by atoms with Gasteiger partial charge in [0.2, 0.25) is 10.0 Å². The Morgan fingerprint density at radius 3 is 2.28 bits per heavy atom. The molecule has 6 nitrogen and oxygen atoms in total. The molecule has 0 atom stereocenters. The second-order valence-corrected chi connectivity index (χ2v) is 8.23. The van der Waals surface area contributed by atoms with Gasteiger partial charge in [-0.2, -0.15) is 0 Å². The van der Waals surface area contributed by atoms with Gasteiger partial charge in [-0.05, 0) is 43.7 Å². The highest BCUT2D eigenvalue weighted by Crippen LogP contribution is 2.21. The summed E-state index contributed by atoms with van der Waals surface area (Å²) in [5, 5.41) is 0. The fraction of sp³-hybridized carbons (Fsp3) is 0.389. The summed E-state index contributed by atoms with van der Waals surface area (Å²) >= 11 is 0. The van der Waals surface area contributed by atoms with E-state index in [1.165, 1.54) is 11.3 Å². The molecular formula is C18H24N4O2S. The molecule has 1 N–H and O–H groups in total. The van der Waals surface area contributed by atoms with E-state index >= 15 is 0 Å². The van der Waals surface area contributed by atoms with Crippen molar-refractivity contribution in [1.82, 2.24) is 4.98 Å². The molecule has 0 unspecified atom stereocenters. The average molecular weight is 360 g/mol. The lowest BCUT2D eigenvalue weighted by Gasteiger charge is -2.37. The van der Waals surface area contributed by atoms with Crippen LogP contribution in [0.2, 0.25) is 0 Å². The molecule has 1 saturated heterocycles. The molecule has 0 bridgehead atoms. The molecule has 0 radical (unpaired) electrons. The smallest absolute Gasteiger partial charge is 0.233 e. The van der Waals surface area contributed by atoms with Crippen molar-refractivity contribution in [1.29, 1.82) is 0 Å². The number of hydrogen-bond donors (Lipinski definition) is 1. The van der Waals surface area contributed by atoms with E-state index in [9.17, 15) is 8.42 Å². The Bertz CT molecular complexity index is 813. The number of piperazine rings is 1. The first-order valence-electron chi connectivity index (χ1n) is 8.50. The van der Waals surface area contributed by atoms with Crippen LogP contribution in [0.1, 0.15) is 12.5 Å². The van der Waals surface area contributed by atoms with Gasteiger partial charge in [-0.25, -0.2) is 13.4 Å². The minimum atomic E-state index is -3.28. The second kappa shape index (κ2) is 7.31. The van der Waals surface area contributed by atoms with E-state index in [0.717, 1.165) is 31.9 Å². The molecule has 2 aromatic rings. The number of rotatable bonds is 5. The minimum Gasteiger partial charge on any atom is -0.368 e. The van der Waals surface area contributed by atoms with Gasteiger partial charge in [0.1, 0.15) is 5.82 Å². The molecule has 3 rings (SSSR count). The van der Waals surface area contributed by atoms with Gasteiger partial charge in [-0.15, -0.1) is 0 Å². The minimum absolute atomic E-state index is 0.0390. The van der Waals surface area contributed by atoms with Gasteiger partial charge in [0.15, 0.2) is 0 Å². The molecule has 1 aromatic heterocycles. The van der Waals surface area contributed by atoms with Crippen molar-refractivity contribution in [3.05, 3.63) is 48.2 Å². The van der Waals surface area contributed by atoms with Crippen molar-refractivity contribution in [3.8, 4) is 0 Å². The van der Waals surface area contributed by atoms with Gasteiger partial charge in [0.25, 0.3) is 0 Å². The van der Waals surface area contributed by atoms with Crippen molar-refractivity contribution in [2.75, 3.05) is 46.5 Å². The molecule has 0 amide bonds. The summed E-state index contributed by atoms with van der Waals surface area (Å²) in [5.41, 5.74) is 3.56. The Hall–Kier alpha value is -2.28. The maximum atomic E-state index is 11.6. The van der Waals surface area contributed by atoms with Gasteiger partial charge < -0.3 is 9.80 Å². The summed E-state index contributed by atoms with van der Waals surface area (Å²) in [7, 11) is -3.28. The van der Waals surface area contributed by atoms with E-state index in [1.54, 1.807) is 19.2 Å². The van der Waals surface area contributed by atoms with E-state index in [1.807, 2.05) is 6.07 Å². The van der Waals surface area contributed by atoms with Crippen LogP contribution in [0.25, 0.3) is 0 Å². The number of sulfonamides is 1. The number of nitrogens with zero attached hydrogens (tertiary/aromatic N) is 3. The lowest BCUT2D eigenvalue weighted by molar-refractivity contribution is 0.602. The van der Waals surface area contributed by atoms with Crippen molar-refractivity contribution >= 4 is 27.2 Å². The highest BCUT2D eigenvalue weighted by molar-refractivity contribution is 7.92. The molecule has 1 aliphatic rings. The molecule has 2 heterocycles. The lowest BCUT2D eigenvalue weighted by atomic mass is 10.2. The number of benzene rings is 1. The van der Waals surface area contributed by atoms with Crippen LogP contribution in [0.4, 0.5) is 17.2 Å². The van der Waals surface area contributed by atoms with Crippen LogP contribution in [0.3, 0.4) is 0 Å². The van der Waals surface area contributed by atoms with Crippen molar-refractivity contribution in [2.24, 2.45) is 0 Å². The number of hydrogen-bond acceptors (Lipinski definition) is 5. The van der Waals surface area contributed by atoms with Crippen LogP contribution in [-0.2, 0) is 10.0 Å². The normalized spacial score (nSPS) is 15.3. The molecule has 1 fully saturated rings. The molecular weight excluding hydrogens is 336 g/mol. The molecule has 0 aliphatic carbocycles. The Kier molecular flexibility index (Phi) is 5.13. The van der Waals surface area contributed by atoms with Crippen LogP contribution in [0.15, 0.2) is 42.6 Å². The zero-order valence-corrected chi connectivity index (χ0v) is 15.5. The van der Waals surface area contributed by atoms with E-state index in [-0.39, 0.29) is 5.75 Å². The third-order valence-electron chi connectivity index (χ3n) is 4.40. The number of anilines is 3. The highest BCUT2D eigenvalue weighted by atomic mass is 32.2. The van der Waals surface area contributed by atoms with E-state index in [0.29, 0.717) is 5.82 Å². The predicted octanol–water partition coefficient (Wildman–Crippen LogP) is 2.48. The van der Waals surface area contributed by atoms with E-state index in [2.05, 4.69) is 50.7 Å². The Morgan fingerprint density at radius 2 is 1.72 bits per heavy atom. The Labute approximate surface area is 149 Å². The number of aromatic nitrogens is 1. The van der Waals surface area contributed by atoms with Crippen LogP contribution in [0.5, 0.6) is 0 Å². The number of pyridine rings is 1. The molecule has 25 heavy (non-hydrogen) atoms. The van der Waals surface area contributed by atoms with Gasteiger partial charge in [0.05, 0.1) is 17.6 Å². The quantitative estimate of drug-likeness (QED) is 0.887. The maximum Gasteiger partial charge on any atom is 0.233 e. The Morgan fingerprint density at radius 1 is 1.04 bits per heavy atom. The zero-order chi connectivity index (χ0) is 17.9. The van der Waals surface area contributed by atoms with Gasteiger partial charge >= 0.3 is 0 Å². The van der Waals surface area contributed by atoms with E-state index < -0.39 is 10.0 Å². The molecule has 7 heteroatoms. The van der Waals surface area contributed by atoms with Gasteiger partial charge in [-0.3, -0.25) is 4.72 Å². The summed E-state index contributed by atoms with van der Waals surface area (Å²) in [6.45, 7) is 7.44. The standard InChI is InChI=1S/C18H24N4O2S/c1-3-25(23,24)20-18-8-7-17(14-19-18)22-11-9-21(10-12-22)16-6-4-5-15(2)13-16/h4-8,13-14H,3,9-12H2,1-2H3,(H,19,20). The van der Waals surface area contributed by atoms with Crippen LogP contribution < -0.4 is 14.5 Å². The summed E-state index contributed by atoms with van der Waals surface area (Å²) in [4.78, 5) is 8.90. The number of nitrogens with one attached hydrogen (secondary N) is 1. The second-order valence-electron chi connectivity index (χ2n) is 6.22. The lowest BCUT2D eigenvalue weighted by Crippen LogP contribution is -2.46. The monoisotopic (exact) mass is 360 g/mol. The SMILES string of the molecule is CCS(=O)(=O)Nc1ccc(N2CCN(c3cccc(C)c3)CC2)cn1. The van der Waals surface area contributed by atoms with Gasteiger partial charge in [-0.1, -0.05) is 12.1 Å². The third kappa shape index (κ3) is 4.42. The van der Waals surface area contributed by atoms with Crippen molar-refractivity contribution in [3.63, 3.8) is 0 Å². The predicted molar refractivity (Wildman–Crippen MR) is 103 cm³/mol. The molecule has 1 aliphatic heterocycles.